The van der Waals surface area contributed by atoms with E-state index < -0.39 is 0 Å². The zero-order valence-corrected chi connectivity index (χ0v) is 13.7. The summed E-state index contributed by atoms with van der Waals surface area (Å²) in [6.45, 7) is 4.35. The molecule has 0 unspecified atom stereocenters. The number of thiocarbonyl (C=S) groups is 1. The average Bonchev–Trinajstić information content (AvgIpc) is 2.45. The molecule has 0 spiro atoms. The lowest BCUT2D eigenvalue weighted by Gasteiger charge is -2.28. The molecule has 0 fully saturated rings. The number of methoxy groups -OCH3 is 2. The van der Waals surface area contributed by atoms with E-state index in [-0.39, 0.29) is 11.9 Å². The maximum absolute atomic E-state index is 12.8. The van der Waals surface area contributed by atoms with Crippen LogP contribution in [0.1, 0.15) is 30.6 Å². The first-order valence-corrected chi connectivity index (χ1v) is 7.13. The van der Waals surface area contributed by atoms with Crippen molar-refractivity contribution in [2.24, 2.45) is 5.73 Å². The molecule has 0 aliphatic carbocycles. The SMILES string of the molecule is COc1cccc(OC)c1C(=O)N(CCC(N)=S)C(C)C. The number of benzene rings is 1. The van der Waals surface area contributed by atoms with Crippen LogP contribution in [0.2, 0.25) is 0 Å². The van der Waals surface area contributed by atoms with Crippen LogP contribution < -0.4 is 15.2 Å². The third-order valence-corrected chi connectivity index (χ3v) is 3.33. The Hall–Kier alpha value is -1.82. The second-order valence-corrected chi connectivity index (χ2v) is 5.37. The summed E-state index contributed by atoms with van der Waals surface area (Å²) in [6, 6.07) is 5.27. The Labute approximate surface area is 131 Å². The lowest BCUT2D eigenvalue weighted by molar-refractivity contribution is 0.0704. The van der Waals surface area contributed by atoms with Crippen molar-refractivity contribution < 1.29 is 14.3 Å². The summed E-state index contributed by atoms with van der Waals surface area (Å²) in [7, 11) is 3.06. The highest BCUT2D eigenvalue weighted by Gasteiger charge is 2.25. The van der Waals surface area contributed by atoms with Crippen LogP contribution in [0.25, 0.3) is 0 Å². The van der Waals surface area contributed by atoms with Gasteiger partial charge in [-0.25, -0.2) is 0 Å². The van der Waals surface area contributed by atoms with E-state index in [0.29, 0.717) is 35.0 Å². The van der Waals surface area contributed by atoms with Gasteiger partial charge in [0.15, 0.2) is 0 Å². The van der Waals surface area contributed by atoms with Crippen molar-refractivity contribution in [2.45, 2.75) is 26.3 Å². The molecule has 1 aromatic rings. The van der Waals surface area contributed by atoms with Crippen LogP contribution in [0.5, 0.6) is 11.5 Å². The molecule has 1 amide bonds. The molecule has 0 saturated carbocycles. The minimum atomic E-state index is -0.157. The Kier molecular flexibility index (Phi) is 6.42. The molecule has 0 radical (unpaired) electrons. The number of nitrogens with zero attached hydrogens (tertiary/aromatic N) is 1. The van der Waals surface area contributed by atoms with Gasteiger partial charge in [0.1, 0.15) is 17.1 Å². The van der Waals surface area contributed by atoms with E-state index >= 15 is 0 Å². The van der Waals surface area contributed by atoms with Crippen LogP contribution >= 0.6 is 12.2 Å². The standard InChI is InChI=1S/C15H22N2O3S/c1-10(2)17(9-8-13(16)21)15(18)14-11(19-3)6-5-7-12(14)20-4/h5-7,10H,8-9H2,1-4H3,(H2,16,21). The highest BCUT2D eigenvalue weighted by Crippen LogP contribution is 2.30. The molecule has 0 aliphatic heterocycles. The molecule has 1 aromatic carbocycles. The molecular formula is C15H22N2O3S. The summed E-state index contributed by atoms with van der Waals surface area (Å²) in [5, 5.41) is 0. The first kappa shape index (κ1) is 17.2. The van der Waals surface area contributed by atoms with Crippen molar-refractivity contribution in [3.05, 3.63) is 23.8 Å². The average molecular weight is 310 g/mol. The second kappa shape index (κ2) is 7.83. The fraction of sp³-hybridized carbons (Fsp3) is 0.467. The van der Waals surface area contributed by atoms with Gasteiger partial charge < -0.3 is 20.1 Å². The number of hydrogen-bond acceptors (Lipinski definition) is 4. The van der Waals surface area contributed by atoms with Crippen LogP contribution in [0.4, 0.5) is 0 Å². The molecule has 0 saturated heterocycles. The third kappa shape index (κ3) is 4.32. The van der Waals surface area contributed by atoms with Crippen molar-refractivity contribution in [3.63, 3.8) is 0 Å². The van der Waals surface area contributed by atoms with Crippen LogP contribution in [0.15, 0.2) is 18.2 Å². The summed E-state index contributed by atoms with van der Waals surface area (Å²) >= 11 is 4.89. The highest BCUT2D eigenvalue weighted by molar-refractivity contribution is 7.80. The fourth-order valence-electron chi connectivity index (χ4n) is 2.03. The van der Waals surface area contributed by atoms with Crippen LogP contribution in [0, 0.1) is 0 Å². The molecule has 2 N–H and O–H groups in total. The van der Waals surface area contributed by atoms with E-state index in [1.165, 1.54) is 14.2 Å². The molecular weight excluding hydrogens is 288 g/mol. The first-order valence-electron chi connectivity index (χ1n) is 6.72. The lowest BCUT2D eigenvalue weighted by Crippen LogP contribution is -2.39. The summed E-state index contributed by atoms with van der Waals surface area (Å²) in [4.78, 5) is 14.9. The Morgan fingerprint density at radius 3 is 2.19 bits per heavy atom. The van der Waals surface area contributed by atoms with Crippen LogP contribution in [0.3, 0.4) is 0 Å². The summed E-state index contributed by atoms with van der Waals surface area (Å²) < 4.78 is 10.6. The van der Waals surface area contributed by atoms with Crippen molar-refractivity contribution in [3.8, 4) is 11.5 Å². The number of rotatable bonds is 7. The smallest absolute Gasteiger partial charge is 0.261 e. The van der Waals surface area contributed by atoms with E-state index in [1.807, 2.05) is 13.8 Å². The van der Waals surface area contributed by atoms with Gasteiger partial charge >= 0.3 is 0 Å². The van der Waals surface area contributed by atoms with Gasteiger partial charge in [-0.2, -0.15) is 0 Å². The van der Waals surface area contributed by atoms with Gasteiger partial charge in [0.2, 0.25) is 0 Å². The Bertz CT molecular complexity index is 495. The van der Waals surface area contributed by atoms with Gasteiger partial charge in [-0.3, -0.25) is 4.79 Å². The van der Waals surface area contributed by atoms with Gasteiger partial charge in [0.25, 0.3) is 5.91 Å². The zero-order chi connectivity index (χ0) is 16.0. The number of carbonyl (C=O) groups is 1. The largest absolute Gasteiger partial charge is 0.496 e. The number of ether oxygens (including phenoxy) is 2. The quantitative estimate of drug-likeness (QED) is 0.782. The van der Waals surface area contributed by atoms with Crippen molar-refractivity contribution >= 4 is 23.1 Å². The molecule has 5 nitrogen and oxygen atoms in total. The van der Waals surface area contributed by atoms with E-state index in [4.69, 9.17) is 27.4 Å². The maximum Gasteiger partial charge on any atom is 0.261 e. The molecule has 0 atom stereocenters. The molecule has 1 rings (SSSR count). The number of hydrogen-bond donors (Lipinski definition) is 1. The van der Waals surface area contributed by atoms with E-state index in [2.05, 4.69) is 0 Å². The predicted molar refractivity (Wildman–Crippen MR) is 87.1 cm³/mol. The molecule has 6 heteroatoms. The van der Waals surface area contributed by atoms with Crippen molar-refractivity contribution in [1.82, 2.24) is 4.90 Å². The van der Waals surface area contributed by atoms with E-state index in [1.54, 1.807) is 23.1 Å². The van der Waals surface area contributed by atoms with E-state index in [0.717, 1.165) is 0 Å². The third-order valence-electron chi connectivity index (χ3n) is 3.13. The Morgan fingerprint density at radius 1 is 1.29 bits per heavy atom. The number of carbonyl (C=O) groups excluding carboxylic acids is 1. The Morgan fingerprint density at radius 2 is 1.81 bits per heavy atom. The van der Waals surface area contributed by atoms with Crippen molar-refractivity contribution in [2.75, 3.05) is 20.8 Å². The predicted octanol–water partition coefficient (Wildman–Crippen LogP) is 2.23. The summed E-state index contributed by atoms with van der Waals surface area (Å²) in [6.07, 6.45) is 0.483. The normalized spacial score (nSPS) is 10.3. The lowest BCUT2D eigenvalue weighted by atomic mass is 10.1. The topological polar surface area (TPSA) is 64.8 Å². The Balaban J connectivity index is 3.16. The molecule has 116 valence electrons. The minimum absolute atomic E-state index is 0.0152. The first-order chi connectivity index (χ1) is 9.92. The summed E-state index contributed by atoms with van der Waals surface area (Å²) in [5.41, 5.74) is 5.95. The van der Waals surface area contributed by atoms with Gasteiger partial charge in [-0.1, -0.05) is 18.3 Å². The molecule has 0 heterocycles. The monoisotopic (exact) mass is 310 g/mol. The molecule has 0 aromatic heterocycles. The van der Waals surface area contributed by atoms with Crippen molar-refractivity contribution in [1.29, 1.82) is 0 Å². The fourth-order valence-corrected chi connectivity index (χ4v) is 2.12. The highest BCUT2D eigenvalue weighted by atomic mass is 32.1. The molecule has 21 heavy (non-hydrogen) atoms. The molecule has 0 aliphatic rings. The zero-order valence-electron chi connectivity index (χ0n) is 12.9. The van der Waals surface area contributed by atoms with Crippen LogP contribution in [-0.2, 0) is 0 Å². The van der Waals surface area contributed by atoms with E-state index in [9.17, 15) is 4.79 Å². The maximum atomic E-state index is 12.8. The second-order valence-electron chi connectivity index (χ2n) is 4.85. The number of amides is 1. The molecule has 0 bridgehead atoms. The van der Waals surface area contributed by atoms with Gasteiger partial charge in [0.05, 0.1) is 19.2 Å². The van der Waals surface area contributed by atoms with Crippen LogP contribution in [-0.4, -0.2) is 42.6 Å². The minimum Gasteiger partial charge on any atom is -0.496 e. The van der Waals surface area contributed by atoms with Gasteiger partial charge in [0, 0.05) is 19.0 Å². The van der Waals surface area contributed by atoms with Gasteiger partial charge in [-0.15, -0.1) is 0 Å². The summed E-state index contributed by atoms with van der Waals surface area (Å²) in [5.74, 6) is 0.816. The number of nitrogens with two attached hydrogens (primary N) is 1. The van der Waals surface area contributed by atoms with Gasteiger partial charge in [-0.05, 0) is 26.0 Å².